The fourth-order valence-corrected chi connectivity index (χ4v) is 3.66. The molecule has 0 bridgehead atoms. The van der Waals surface area contributed by atoms with Gasteiger partial charge in [-0.25, -0.2) is 4.68 Å². The number of methoxy groups -OCH3 is 1. The average molecular weight is 427 g/mol. The van der Waals surface area contributed by atoms with Gasteiger partial charge in [0.1, 0.15) is 11.5 Å². The van der Waals surface area contributed by atoms with E-state index in [1.54, 1.807) is 60.6 Å². The highest BCUT2D eigenvalue weighted by Gasteiger charge is 2.52. The number of nitrogens with one attached hydrogen (secondary N) is 1. The summed E-state index contributed by atoms with van der Waals surface area (Å²) in [5, 5.41) is 15.3. The van der Waals surface area contributed by atoms with Crippen LogP contribution in [0.15, 0.2) is 79.1 Å². The van der Waals surface area contributed by atoms with Crippen LogP contribution in [-0.2, 0) is 10.2 Å². The normalized spacial score (nSPS) is 13.9. The zero-order valence-corrected chi connectivity index (χ0v) is 17.4. The molecule has 0 radical (unpaired) electrons. The maximum absolute atomic E-state index is 13.0. The van der Waals surface area contributed by atoms with Crippen LogP contribution in [0.3, 0.4) is 0 Å². The molecule has 2 aromatic carbocycles. The van der Waals surface area contributed by atoms with Gasteiger partial charge in [-0.1, -0.05) is 18.2 Å². The molecule has 160 valence electrons. The van der Waals surface area contributed by atoms with Gasteiger partial charge in [0.25, 0.3) is 0 Å². The van der Waals surface area contributed by atoms with Crippen LogP contribution in [0.1, 0.15) is 18.4 Å². The van der Waals surface area contributed by atoms with Crippen LogP contribution >= 0.6 is 0 Å². The summed E-state index contributed by atoms with van der Waals surface area (Å²) >= 11 is 0. The van der Waals surface area contributed by atoms with Gasteiger partial charge in [-0.05, 0) is 55.3 Å². The third-order valence-corrected chi connectivity index (χ3v) is 5.51. The van der Waals surface area contributed by atoms with Crippen molar-refractivity contribution in [2.75, 3.05) is 12.4 Å². The lowest BCUT2D eigenvalue weighted by Gasteiger charge is -2.18. The predicted octanol–water partition coefficient (Wildman–Crippen LogP) is 4.13. The maximum atomic E-state index is 13.0. The molecule has 1 fully saturated rings. The first-order chi connectivity index (χ1) is 15.7. The Morgan fingerprint density at radius 3 is 2.47 bits per heavy atom. The summed E-state index contributed by atoms with van der Waals surface area (Å²) in [5.74, 6) is 2.27. The number of nitrogens with zero attached hydrogens (tertiary/aromatic N) is 4. The molecule has 32 heavy (non-hydrogen) atoms. The van der Waals surface area contributed by atoms with Crippen molar-refractivity contribution in [3.8, 4) is 23.2 Å². The minimum absolute atomic E-state index is 0.0317. The second-order valence-electron chi connectivity index (χ2n) is 7.54. The summed E-state index contributed by atoms with van der Waals surface area (Å²) in [5.41, 5.74) is 1.09. The van der Waals surface area contributed by atoms with Crippen molar-refractivity contribution in [2.45, 2.75) is 18.3 Å². The third-order valence-electron chi connectivity index (χ3n) is 5.51. The zero-order chi connectivity index (χ0) is 22.0. The van der Waals surface area contributed by atoms with Gasteiger partial charge < -0.3 is 14.8 Å². The van der Waals surface area contributed by atoms with Gasteiger partial charge in [0.05, 0.1) is 12.5 Å². The maximum Gasteiger partial charge on any atom is 0.238 e. The molecule has 1 aliphatic carbocycles. The van der Waals surface area contributed by atoms with Gasteiger partial charge >= 0.3 is 0 Å². The van der Waals surface area contributed by atoms with Gasteiger partial charge in [-0.2, -0.15) is 5.10 Å². The smallest absolute Gasteiger partial charge is 0.238 e. The fourth-order valence-electron chi connectivity index (χ4n) is 3.66. The highest BCUT2D eigenvalue weighted by atomic mass is 16.5. The average Bonchev–Trinajstić information content (AvgIpc) is 3.47. The molecule has 1 N–H and O–H groups in total. The van der Waals surface area contributed by atoms with Crippen molar-refractivity contribution in [3.05, 3.63) is 84.7 Å². The lowest BCUT2D eigenvalue weighted by molar-refractivity contribution is -0.118. The van der Waals surface area contributed by atoms with Gasteiger partial charge in [0.15, 0.2) is 5.82 Å². The Bertz CT molecular complexity index is 1220. The van der Waals surface area contributed by atoms with E-state index in [1.165, 1.54) is 0 Å². The topological polar surface area (TPSA) is 91.2 Å². The van der Waals surface area contributed by atoms with Crippen LogP contribution in [0, 0.1) is 0 Å². The zero-order valence-electron chi connectivity index (χ0n) is 17.4. The van der Waals surface area contributed by atoms with Gasteiger partial charge in [0, 0.05) is 29.7 Å². The van der Waals surface area contributed by atoms with Crippen LogP contribution in [0.5, 0.6) is 17.4 Å². The van der Waals surface area contributed by atoms with Crippen molar-refractivity contribution in [2.24, 2.45) is 0 Å². The number of benzene rings is 2. The number of hydrogen-bond acceptors (Lipinski definition) is 6. The van der Waals surface area contributed by atoms with Gasteiger partial charge in [0.2, 0.25) is 11.8 Å². The minimum atomic E-state index is -0.534. The number of amides is 1. The first-order valence-electron chi connectivity index (χ1n) is 10.2. The van der Waals surface area contributed by atoms with E-state index in [-0.39, 0.29) is 5.91 Å². The van der Waals surface area contributed by atoms with E-state index in [0.29, 0.717) is 23.1 Å². The second kappa shape index (κ2) is 8.14. The van der Waals surface area contributed by atoms with E-state index in [0.717, 1.165) is 24.2 Å². The number of carbonyl (C=O) groups is 1. The van der Waals surface area contributed by atoms with Crippen LogP contribution in [0.4, 0.5) is 5.69 Å². The molecule has 5 rings (SSSR count). The van der Waals surface area contributed by atoms with E-state index in [4.69, 9.17) is 9.47 Å². The van der Waals surface area contributed by atoms with Crippen molar-refractivity contribution in [1.82, 2.24) is 20.0 Å². The fraction of sp³-hybridized carbons (Fsp3) is 0.167. The largest absolute Gasteiger partial charge is 0.496 e. The summed E-state index contributed by atoms with van der Waals surface area (Å²) in [6.07, 6.45) is 5.06. The van der Waals surface area contributed by atoms with E-state index in [1.807, 2.05) is 30.3 Å². The molecule has 4 aromatic rings. The molecule has 0 spiro atoms. The Morgan fingerprint density at radius 1 is 1.00 bits per heavy atom. The first kappa shape index (κ1) is 19.7. The van der Waals surface area contributed by atoms with Crippen molar-refractivity contribution >= 4 is 11.6 Å². The molecule has 1 aliphatic rings. The first-order valence-corrected chi connectivity index (χ1v) is 10.2. The SMILES string of the molecule is COc1ccccc1C1(C(=O)Nc2ccc(Oc3ccc(-n4cccn4)nn3)cc2)CC1. The lowest BCUT2D eigenvalue weighted by Crippen LogP contribution is -2.28. The number of para-hydroxylation sites is 1. The van der Waals surface area contributed by atoms with E-state index >= 15 is 0 Å². The highest BCUT2D eigenvalue weighted by Crippen LogP contribution is 2.52. The number of carbonyl (C=O) groups excluding carboxylic acids is 1. The third kappa shape index (κ3) is 3.78. The Balaban J connectivity index is 1.25. The van der Waals surface area contributed by atoms with Gasteiger partial charge in [-0.3, -0.25) is 4.79 Å². The Kier molecular flexibility index (Phi) is 5.03. The quantitative estimate of drug-likeness (QED) is 0.477. The highest BCUT2D eigenvalue weighted by molar-refractivity contribution is 6.01. The molecule has 2 aromatic heterocycles. The molecule has 0 atom stereocenters. The molecule has 8 nitrogen and oxygen atoms in total. The van der Waals surface area contributed by atoms with Crippen molar-refractivity contribution < 1.29 is 14.3 Å². The predicted molar refractivity (Wildman–Crippen MR) is 118 cm³/mol. The van der Waals surface area contributed by atoms with Crippen LogP contribution in [0.25, 0.3) is 5.82 Å². The molecule has 1 saturated carbocycles. The summed E-state index contributed by atoms with van der Waals surface area (Å²) in [7, 11) is 1.63. The van der Waals surface area contributed by atoms with Crippen LogP contribution < -0.4 is 14.8 Å². The Morgan fingerprint density at radius 2 is 1.81 bits per heavy atom. The van der Waals surface area contributed by atoms with Crippen LogP contribution in [-0.4, -0.2) is 33.0 Å². The summed E-state index contributed by atoms with van der Waals surface area (Å²) in [6.45, 7) is 0. The second-order valence-corrected chi connectivity index (χ2v) is 7.54. The molecule has 0 saturated heterocycles. The molecule has 2 heterocycles. The number of hydrogen-bond donors (Lipinski definition) is 1. The summed E-state index contributed by atoms with van der Waals surface area (Å²) < 4.78 is 12.8. The Labute approximate surface area is 184 Å². The lowest BCUT2D eigenvalue weighted by atomic mass is 9.94. The van der Waals surface area contributed by atoms with Crippen molar-refractivity contribution in [3.63, 3.8) is 0 Å². The van der Waals surface area contributed by atoms with E-state index < -0.39 is 5.41 Å². The number of rotatable bonds is 7. The summed E-state index contributed by atoms with van der Waals surface area (Å²) in [6, 6.07) is 20.2. The molecule has 1 amide bonds. The van der Waals surface area contributed by atoms with E-state index in [2.05, 4.69) is 20.6 Å². The number of aromatic nitrogens is 4. The molecular formula is C24H21N5O3. The van der Waals surface area contributed by atoms with Crippen molar-refractivity contribution in [1.29, 1.82) is 0 Å². The van der Waals surface area contributed by atoms with Crippen LogP contribution in [0.2, 0.25) is 0 Å². The molecule has 0 unspecified atom stereocenters. The monoisotopic (exact) mass is 427 g/mol. The minimum Gasteiger partial charge on any atom is -0.496 e. The number of ether oxygens (including phenoxy) is 2. The summed E-state index contributed by atoms with van der Waals surface area (Å²) in [4.78, 5) is 13.0. The molecule has 8 heteroatoms. The van der Waals surface area contributed by atoms with E-state index in [9.17, 15) is 4.79 Å². The molecule has 0 aliphatic heterocycles. The van der Waals surface area contributed by atoms with Gasteiger partial charge in [-0.15, -0.1) is 10.2 Å². The Hall–Kier alpha value is -4.20. The molecular weight excluding hydrogens is 406 g/mol. The standard InChI is InChI=1S/C24H21N5O3/c1-31-20-6-3-2-5-19(20)24(13-14-24)23(30)26-17-7-9-18(10-8-17)32-22-12-11-21(27-28-22)29-16-4-15-25-29/h2-12,15-16H,13-14H2,1H3,(H,26,30). The number of anilines is 1.